The SMILES string of the molecule is O=C(O)C(CCCC1CCCSS1)C(O)CCCCC1CCSS1. The lowest BCUT2D eigenvalue weighted by atomic mass is 9.91. The van der Waals surface area contributed by atoms with E-state index in [9.17, 15) is 15.0 Å². The molecule has 2 fully saturated rings. The monoisotopic (exact) mass is 410 g/mol. The van der Waals surface area contributed by atoms with Crippen molar-refractivity contribution in [2.45, 2.75) is 80.8 Å². The molecule has 2 saturated heterocycles. The Morgan fingerprint density at radius 2 is 1.67 bits per heavy atom. The molecule has 0 aliphatic carbocycles. The summed E-state index contributed by atoms with van der Waals surface area (Å²) >= 11 is 0. The number of unbranched alkanes of at least 4 members (excludes halogenated alkanes) is 1. The van der Waals surface area contributed by atoms with E-state index >= 15 is 0 Å². The van der Waals surface area contributed by atoms with E-state index in [2.05, 4.69) is 0 Å². The zero-order valence-electron chi connectivity index (χ0n) is 14.2. The molecule has 24 heavy (non-hydrogen) atoms. The number of carboxylic acids is 1. The number of aliphatic hydroxyl groups is 1. The van der Waals surface area contributed by atoms with Crippen molar-refractivity contribution in [3.63, 3.8) is 0 Å². The molecule has 7 heteroatoms. The summed E-state index contributed by atoms with van der Waals surface area (Å²) in [6, 6.07) is 0. The van der Waals surface area contributed by atoms with Gasteiger partial charge in [0.1, 0.15) is 0 Å². The normalized spacial score (nSPS) is 27.0. The van der Waals surface area contributed by atoms with Gasteiger partial charge in [0.2, 0.25) is 0 Å². The molecule has 140 valence electrons. The number of aliphatic hydroxyl groups excluding tert-OH is 1. The first-order valence-corrected chi connectivity index (χ1v) is 13.9. The molecule has 4 atom stereocenters. The Bertz CT molecular complexity index is 358. The average molecular weight is 411 g/mol. The second-order valence-electron chi connectivity index (χ2n) is 6.74. The van der Waals surface area contributed by atoms with Gasteiger partial charge in [-0.05, 0) is 44.9 Å². The fourth-order valence-electron chi connectivity index (χ4n) is 3.29. The minimum Gasteiger partial charge on any atom is -0.481 e. The van der Waals surface area contributed by atoms with Crippen LogP contribution in [-0.2, 0) is 4.79 Å². The smallest absolute Gasteiger partial charge is 0.309 e. The predicted octanol–water partition coefficient (Wildman–Crippen LogP) is 5.48. The van der Waals surface area contributed by atoms with Crippen LogP contribution in [0.4, 0.5) is 0 Å². The van der Waals surface area contributed by atoms with Crippen molar-refractivity contribution >= 4 is 49.1 Å². The van der Waals surface area contributed by atoms with Crippen molar-refractivity contribution in [2.24, 2.45) is 5.92 Å². The van der Waals surface area contributed by atoms with Crippen LogP contribution in [0.15, 0.2) is 0 Å². The van der Waals surface area contributed by atoms with Crippen molar-refractivity contribution in [2.75, 3.05) is 11.5 Å². The minimum absolute atomic E-state index is 0.581. The first-order chi connectivity index (χ1) is 11.7. The van der Waals surface area contributed by atoms with Crippen LogP contribution in [0.5, 0.6) is 0 Å². The Kier molecular flexibility index (Phi) is 10.8. The molecule has 0 saturated carbocycles. The molecule has 0 aromatic rings. The van der Waals surface area contributed by atoms with E-state index in [4.69, 9.17) is 0 Å². The van der Waals surface area contributed by atoms with E-state index in [-0.39, 0.29) is 0 Å². The van der Waals surface area contributed by atoms with Crippen LogP contribution < -0.4 is 0 Å². The fraction of sp³-hybridized carbons (Fsp3) is 0.941. The topological polar surface area (TPSA) is 57.5 Å². The summed E-state index contributed by atoms with van der Waals surface area (Å²) in [5.41, 5.74) is 0. The third kappa shape index (κ3) is 8.02. The molecule has 0 aromatic heterocycles. The van der Waals surface area contributed by atoms with Crippen LogP contribution in [0.2, 0.25) is 0 Å². The molecule has 4 unspecified atom stereocenters. The Morgan fingerprint density at radius 1 is 0.958 bits per heavy atom. The van der Waals surface area contributed by atoms with Crippen LogP contribution in [0.25, 0.3) is 0 Å². The van der Waals surface area contributed by atoms with E-state index in [1.165, 1.54) is 37.2 Å². The highest BCUT2D eigenvalue weighted by molar-refractivity contribution is 8.77. The molecule has 2 aliphatic rings. The summed E-state index contributed by atoms with van der Waals surface area (Å²) in [6.45, 7) is 0. The van der Waals surface area contributed by atoms with Gasteiger partial charge >= 0.3 is 5.97 Å². The Labute approximate surface area is 162 Å². The van der Waals surface area contributed by atoms with Gasteiger partial charge < -0.3 is 10.2 Å². The van der Waals surface area contributed by atoms with Gasteiger partial charge in [0, 0.05) is 22.0 Å². The van der Waals surface area contributed by atoms with Crippen molar-refractivity contribution in [1.82, 2.24) is 0 Å². The molecule has 0 amide bonds. The molecule has 3 nitrogen and oxygen atoms in total. The molecular formula is C17H30O3S4. The summed E-state index contributed by atoms with van der Waals surface area (Å²) in [5.74, 6) is 1.10. The fourth-order valence-corrected chi connectivity index (χ4v) is 9.22. The minimum atomic E-state index is -0.823. The lowest BCUT2D eigenvalue weighted by Crippen LogP contribution is -2.28. The number of rotatable bonds is 11. The van der Waals surface area contributed by atoms with Crippen LogP contribution in [0.1, 0.15) is 64.2 Å². The molecule has 0 spiro atoms. The standard InChI is InChI=1S/C17H30O3S4/c18-16(9-2-1-5-14-10-12-22-24-14)15(17(19)20)8-3-6-13-7-4-11-21-23-13/h13-16,18H,1-12H2,(H,19,20). The second kappa shape index (κ2) is 12.3. The second-order valence-corrected chi connectivity index (χ2v) is 12.3. The van der Waals surface area contributed by atoms with Crippen LogP contribution in [-0.4, -0.2) is 44.3 Å². The van der Waals surface area contributed by atoms with E-state index in [1.807, 2.05) is 43.2 Å². The molecule has 0 bridgehead atoms. The number of hydrogen-bond donors (Lipinski definition) is 2. The van der Waals surface area contributed by atoms with Crippen molar-refractivity contribution in [3.05, 3.63) is 0 Å². The van der Waals surface area contributed by atoms with Gasteiger partial charge in [-0.25, -0.2) is 0 Å². The largest absolute Gasteiger partial charge is 0.481 e. The molecule has 2 rings (SSSR count). The van der Waals surface area contributed by atoms with Crippen LogP contribution in [0, 0.1) is 5.92 Å². The van der Waals surface area contributed by atoms with Crippen molar-refractivity contribution < 1.29 is 15.0 Å². The van der Waals surface area contributed by atoms with E-state index in [1.54, 1.807) is 0 Å². The maximum atomic E-state index is 11.5. The summed E-state index contributed by atoms with van der Waals surface area (Å²) in [6.07, 6.45) is 9.68. The van der Waals surface area contributed by atoms with Gasteiger partial charge in [0.05, 0.1) is 12.0 Å². The summed E-state index contributed by atoms with van der Waals surface area (Å²) in [4.78, 5) is 11.5. The Balaban J connectivity index is 1.59. The zero-order valence-corrected chi connectivity index (χ0v) is 17.5. The maximum absolute atomic E-state index is 11.5. The summed E-state index contributed by atoms with van der Waals surface area (Å²) in [5, 5.41) is 21.2. The first-order valence-electron chi connectivity index (χ1n) is 9.14. The van der Waals surface area contributed by atoms with Gasteiger partial charge in [0.15, 0.2) is 0 Å². The highest BCUT2D eigenvalue weighted by atomic mass is 33.1. The number of aliphatic carboxylic acids is 1. The van der Waals surface area contributed by atoms with Gasteiger partial charge in [-0.2, -0.15) is 0 Å². The number of hydrogen-bond acceptors (Lipinski definition) is 6. The van der Waals surface area contributed by atoms with Gasteiger partial charge in [-0.15, -0.1) is 0 Å². The third-order valence-electron chi connectivity index (χ3n) is 4.78. The first kappa shape index (κ1) is 21.1. The average Bonchev–Trinajstić information content (AvgIpc) is 3.09. The van der Waals surface area contributed by atoms with Gasteiger partial charge in [-0.3, -0.25) is 4.79 Å². The molecule has 2 N–H and O–H groups in total. The molecule has 2 aliphatic heterocycles. The number of carbonyl (C=O) groups is 1. The predicted molar refractivity (Wildman–Crippen MR) is 111 cm³/mol. The van der Waals surface area contributed by atoms with Crippen molar-refractivity contribution in [1.29, 1.82) is 0 Å². The van der Waals surface area contributed by atoms with Crippen molar-refractivity contribution in [3.8, 4) is 0 Å². The van der Waals surface area contributed by atoms with Gasteiger partial charge in [-0.1, -0.05) is 62.4 Å². The third-order valence-corrected chi connectivity index (χ3v) is 10.9. The molecular weight excluding hydrogens is 380 g/mol. The zero-order chi connectivity index (χ0) is 17.2. The van der Waals surface area contributed by atoms with Crippen LogP contribution in [0.3, 0.4) is 0 Å². The highest BCUT2D eigenvalue weighted by Gasteiger charge is 2.26. The number of carboxylic acid groups (broad SMARTS) is 1. The summed E-state index contributed by atoms with van der Waals surface area (Å²) < 4.78 is 0. The molecule has 0 radical (unpaired) electrons. The lowest BCUT2D eigenvalue weighted by Gasteiger charge is -2.22. The Hall–Kier alpha value is 0.830. The van der Waals surface area contributed by atoms with Crippen LogP contribution >= 0.6 is 43.2 Å². The van der Waals surface area contributed by atoms with E-state index in [0.717, 1.165) is 30.9 Å². The molecule has 2 heterocycles. The van der Waals surface area contributed by atoms with E-state index in [0.29, 0.717) is 18.1 Å². The summed E-state index contributed by atoms with van der Waals surface area (Å²) in [7, 11) is 7.87. The van der Waals surface area contributed by atoms with E-state index < -0.39 is 18.0 Å². The molecule has 0 aromatic carbocycles. The Morgan fingerprint density at radius 3 is 2.33 bits per heavy atom. The maximum Gasteiger partial charge on any atom is 0.309 e. The quantitative estimate of drug-likeness (QED) is 0.345. The van der Waals surface area contributed by atoms with Gasteiger partial charge in [0.25, 0.3) is 0 Å². The lowest BCUT2D eigenvalue weighted by molar-refractivity contribution is -0.146. The highest BCUT2D eigenvalue weighted by Crippen LogP contribution is 2.40.